The molecule has 2 atom stereocenters. The Labute approximate surface area is 126 Å². The van der Waals surface area contributed by atoms with Crippen LogP contribution in [0.2, 0.25) is 0 Å². The molecule has 21 heavy (non-hydrogen) atoms. The summed E-state index contributed by atoms with van der Waals surface area (Å²) in [6, 6.07) is 7.70. The third kappa shape index (κ3) is 3.63. The second kappa shape index (κ2) is 6.74. The van der Waals surface area contributed by atoms with E-state index in [0.717, 1.165) is 12.0 Å². The van der Waals surface area contributed by atoms with Crippen LogP contribution < -0.4 is 4.74 Å². The number of nitrogens with zero attached hydrogens (tertiary/aromatic N) is 1. The highest BCUT2D eigenvalue weighted by Gasteiger charge is 2.31. The zero-order chi connectivity index (χ0) is 15.4. The van der Waals surface area contributed by atoms with Crippen molar-refractivity contribution >= 4 is 11.9 Å². The number of likely N-dealkylation sites (tertiary alicyclic amines) is 1. The molecule has 1 saturated heterocycles. The number of hydrogen-bond acceptors (Lipinski definition) is 3. The van der Waals surface area contributed by atoms with Crippen LogP contribution in [0.4, 0.5) is 0 Å². The van der Waals surface area contributed by atoms with E-state index in [2.05, 4.69) is 13.8 Å². The molecule has 0 N–H and O–H groups in total. The summed E-state index contributed by atoms with van der Waals surface area (Å²) >= 11 is 0. The first kappa shape index (κ1) is 15.5. The smallest absolute Gasteiger partial charge is 0.316 e. The van der Waals surface area contributed by atoms with E-state index in [9.17, 15) is 9.59 Å². The second-order valence-corrected chi connectivity index (χ2v) is 5.72. The Morgan fingerprint density at radius 3 is 2.71 bits per heavy atom. The summed E-state index contributed by atoms with van der Waals surface area (Å²) in [5, 5.41) is 0. The molecule has 0 bridgehead atoms. The van der Waals surface area contributed by atoms with Crippen molar-refractivity contribution in [1.29, 1.82) is 0 Å². The van der Waals surface area contributed by atoms with Crippen LogP contribution in [0, 0.1) is 5.92 Å². The second-order valence-electron chi connectivity index (χ2n) is 5.72. The molecule has 1 fully saturated rings. The van der Waals surface area contributed by atoms with Gasteiger partial charge in [-0.3, -0.25) is 9.59 Å². The van der Waals surface area contributed by atoms with Gasteiger partial charge in [-0.25, -0.2) is 0 Å². The predicted molar refractivity (Wildman–Crippen MR) is 81.1 cm³/mol. The molecule has 1 amide bonds. The Morgan fingerprint density at radius 1 is 1.38 bits per heavy atom. The molecule has 4 heteroatoms. The molecule has 114 valence electrons. The van der Waals surface area contributed by atoms with Crippen LogP contribution in [-0.2, 0) is 9.59 Å². The minimum Gasteiger partial charge on any atom is -0.426 e. The molecule has 1 aromatic rings. The Bertz CT molecular complexity index is 527. The third-order valence-corrected chi connectivity index (χ3v) is 4.24. The van der Waals surface area contributed by atoms with E-state index < -0.39 is 0 Å². The standard InChI is InChI=1S/C17H23NO3/c1-4-12(2)15-7-5-6-8-16(15)21-17(20)14-9-10-18(11-14)13(3)19/h5-8,12,14H,4,9-11H2,1-3H3/t12-,14+/m1/s1. The van der Waals surface area contributed by atoms with E-state index in [-0.39, 0.29) is 17.8 Å². The number of carbonyl (C=O) groups is 2. The highest BCUT2D eigenvalue weighted by molar-refractivity contribution is 5.79. The molecule has 0 radical (unpaired) electrons. The number of ether oxygens (including phenoxy) is 1. The fourth-order valence-corrected chi connectivity index (χ4v) is 2.63. The van der Waals surface area contributed by atoms with Crippen LogP contribution in [-0.4, -0.2) is 29.9 Å². The lowest BCUT2D eigenvalue weighted by Gasteiger charge is -2.17. The van der Waals surface area contributed by atoms with Gasteiger partial charge in [-0.05, 0) is 30.4 Å². The number of amides is 1. The van der Waals surface area contributed by atoms with Gasteiger partial charge < -0.3 is 9.64 Å². The molecule has 0 saturated carbocycles. The van der Waals surface area contributed by atoms with Gasteiger partial charge in [0.05, 0.1) is 5.92 Å². The van der Waals surface area contributed by atoms with Crippen LogP contribution >= 0.6 is 0 Å². The van der Waals surface area contributed by atoms with Crippen LogP contribution in [0.1, 0.15) is 45.1 Å². The molecule has 0 aliphatic carbocycles. The number of hydrogen-bond donors (Lipinski definition) is 0. The van der Waals surface area contributed by atoms with Gasteiger partial charge >= 0.3 is 5.97 Å². The fraction of sp³-hybridized carbons (Fsp3) is 0.529. The van der Waals surface area contributed by atoms with Crippen molar-refractivity contribution in [3.05, 3.63) is 29.8 Å². The number of para-hydroxylation sites is 1. The van der Waals surface area contributed by atoms with Crippen LogP contribution in [0.25, 0.3) is 0 Å². The third-order valence-electron chi connectivity index (χ3n) is 4.24. The van der Waals surface area contributed by atoms with E-state index >= 15 is 0 Å². The molecule has 1 aliphatic heterocycles. The van der Waals surface area contributed by atoms with Crippen LogP contribution in [0.3, 0.4) is 0 Å². The van der Waals surface area contributed by atoms with Crippen molar-refractivity contribution in [2.45, 2.75) is 39.5 Å². The Hall–Kier alpha value is -1.84. The van der Waals surface area contributed by atoms with Gasteiger partial charge in [-0.15, -0.1) is 0 Å². The maximum Gasteiger partial charge on any atom is 0.316 e. The number of benzene rings is 1. The van der Waals surface area contributed by atoms with Crippen molar-refractivity contribution < 1.29 is 14.3 Å². The SMILES string of the molecule is CC[C@@H](C)c1ccccc1OC(=O)[C@H]1CCN(C(C)=O)C1. The first-order chi connectivity index (χ1) is 10.0. The number of esters is 1. The van der Waals surface area contributed by atoms with Gasteiger partial charge in [0.1, 0.15) is 5.75 Å². The van der Waals surface area contributed by atoms with Crippen LogP contribution in [0.5, 0.6) is 5.75 Å². The van der Waals surface area contributed by atoms with Crippen molar-refractivity contribution in [3.63, 3.8) is 0 Å². The summed E-state index contributed by atoms with van der Waals surface area (Å²) in [4.78, 5) is 25.3. The number of rotatable bonds is 4. The zero-order valence-electron chi connectivity index (χ0n) is 13.0. The maximum absolute atomic E-state index is 12.3. The van der Waals surface area contributed by atoms with Gasteiger partial charge in [-0.2, -0.15) is 0 Å². The summed E-state index contributed by atoms with van der Waals surface area (Å²) in [5.41, 5.74) is 1.06. The van der Waals surface area contributed by atoms with E-state index in [0.29, 0.717) is 31.2 Å². The molecule has 1 aromatic carbocycles. The predicted octanol–water partition coefficient (Wildman–Crippen LogP) is 2.97. The molecular formula is C17H23NO3. The lowest BCUT2D eigenvalue weighted by Crippen LogP contribution is -2.29. The monoisotopic (exact) mass is 289 g/mol. The largest absolute Gasteiger partial charge is 0.426 e. The summed E-state index contributed by atoms with van der Waals surface area (Å²) in [5.74, 6) is 0.586. The van der Waals surface area contributed by atoms with E-state index in [4.69, 9.17) is 4.74 Å². The molecule has 1 heterocycles. The maximum atomic E-state index is 12.3. The molecule has 0 aromatic heterocycles. The van der Waals surface area contributed by atoms with E-state index in [1.54, 1.807) is 4.90 Å². The highest BCUT2D eigenvalue weighted by atomic mass is 16.5. The van der Waals surface area contributed by atoms with Crippen molar-refractivity contribution in [3.8, 4) is 5.75 Å². The van der Waals surface area contributed by atoms with E-state index in [1.807, 2.05) is 24.3 Å². The lowest BCUT2D eigenvalue weighted by molar-refractivity contribution is -0.138. The van der Waals surface area contributed by atoms with Crippen molar-refractivity contribution in [2.24, 2.45) is 5.92 Å². The van der Waals surface area contributed by atoms with Gasteiger partial charge in [0.25, 0.3) is 0 Å². The molecular weight excluding hydrogens is 266 g/mol. The van der Waals surface area contributed by atoms with Crippen molar-refractivity contribution in [1.82, 2.24) is 4.90 Å². The topological polar surface area (TPSA) is 46.6 Å². The van der Waals surface area contributed by atoms with Gasteiger partial charge in [0.15, 0.2) is 0 Å². The molecule has 1 aliphatic rings. The Kier molecular flexibility index (Phi) is 4.99. The van der Waals surface area contributed by atoms with E-state index in [1.165, 1.54) is 6.92 Å². The van der Waals surface area contributed by atoms with Crippen LogP contribution in [0.15, 0.2) is 24.3 Å². The molecule has 0 spiro atoms. The summed E-state index contributed by atoms with van der Waals surface area (Å²) in [6.45, 7) is 6.89. The average Bonchev–Trinajstić information content (AvgIpc) is 2.97. The van der Waals surface area contributed by atoms with Gasteiger partial charge in [0, 0.05) is 20.0 Å². The lowest BCUT2D eigenvalue weighted by atomic mass is 9.98. The quantitative estimate of drug-likeness (QED) is 0.632. The summed E-state index contributed by atoms with van der Waals surface area (Å²) in [6.07, 6.45) is 1.68. The fourth-order valence-electron chi connectivity index (χ4n) is 2.63. The molecule has 4 nitrogen and oxygen atoms in total. The van der Waals surface area contributed by atoms with Gasteiger partial charge in [-0.1, -0.05) is 32.0 Å². The van der Waals surface area contributed by atoms with Gasteiger partial charge in [0.2, 0.25) is 5.91 Å². The molecule has 0 unspecified atom stereocenters. The van der Waals surface area contributed by atoms with Crippen molar-refractivity contribution in [2.75, 3.05) is 13.1 Å². The number of carbonyl (C=O) groups excluding carboxylic acids is 2. The molecule has 2 rings (SSSR count). The normalized spacial score (nSPS) is 19.4. The first-order valence-electron chi connectivity index (χ1n) is 7.59. The zero-order valence-corrected chi connectivity index (χ0v) is 13.0. The Balaban J connectivity index is 2.05. The average molecular weight is 289 g/mol. The minimum absolute atomic E-state index is 0.0188. The highest BCUT2D eigenvalue weighted by Crippen LogP contribution is 2.29. The summed E-state index contributed by atoms with van der Waals surface area (Å²) < 4.78 is 5.60. The first-order valence-corrected chi connectivity index (χ1v) is 7.59. The Morgan fingerprint density at radius 2 is 2.10 bits per heavy atom. The summed E-state index contributed by atoms with van der Waals surface area (Å²) in [7, 11) is 0. The minimum atomic E-state index is -0.227.